The Labute approximate surface area is 155 Å². The van der Waals surface area contributed by atoms with Gasteiger partial charge < -0.3 is 25.0 Å². The van der Waals surface area contributed by atoms with E-state index in [1.165, 1.54) is 12.1 Å². The van der Waals surface area contributed by atoms with E-state index in [1.807, 2.05) is 19.2 Å². The van der Waals surface area contributed by atoms with E-state index in [-0.39, 0.29) is 11.9 Å². The minimum Gasteiger partial charge on any atom is -0.379 e. The number of halogens is 1. The Morgan fingerprint density at radius 1 is 1.31 bits per heavy atom. The van der Waals surface area contributed by atoms with Crippen LogP contribution in [0.25, 0.3) is 0 Å². The van der Waals surface area contributed by atoms with Crippen LogP contribution in [0.15, 0.2) is 29.3 Å². The van der Waals surface area contributed by atoms with E-state index in [0.29, 0.717) is 0 Å². The predicted octanol–water partition coefficient (Wildman–Crippen LogP) is 1.62. The van der Waals surface area contributed by atoms with Crippen molar-refractivity contribution in [3.8, 4) is 0 Å². The second-order valence-electron chi connectivity index (χ2n) is 6.50. The normalized spacial score (nSPS) is 17.7. The molecular weight excluding hydrogens is 335 g/mol. The van der Waals surface area contributed by atoms with Crippen LogP contribution in [0.5, 0.6) is 0 Å². The van der Waals surface area contributed by atoms with E-state index in [9.17, 15) is 4.39 Å². The molecule has 1 aromatic rings. The molecule has 0 aliphatic carbocycles. The molecule has 26 heavy (non-hydrogen) atoms. The quantitative estimate of drug-likeness (QED) is 0.374. The molecule has 1 aromatic carbocycles. The summed E-state index contributed by atoms with van der Waals surface area (Å²) in [4.78, 5) is 6.41. The second kappa shape index (κ2) is 11.8. The zero-order chi connectivity index (χ0) is 18.6. The molecule has 0 amide bonds. The Morgan fingerprint density at radius 3 is 2.77 bits per heavy atom. The summed E-state index contributed by atoms with van der Waals surface area (Å²) < 4.78 is 24.0. The van der Waals surface area contributed by atoms with Crippen molar-refractivity contribution < 1.29 is 13.9 Å². The fraction of sp³-hybridized carbons (Fsp3) is 0.632. The Balaban J connectivity index is 1.52. The maximum Gasteiger partial charge on any atom is 0.191 e. The van der Waals surface area contributed by atoms with Crippen molar-refractivity contribution in [1.29, 1.82) is 0 Å². The van der Waals surface area contributed by atoms with Crippen molar-refractivity contribution in [2.75, 3.05) is 53.6 Å². The highest BCUT2D eigenvalue weighted by Gasteiger charge is 2.15. The van der Waals surface area contributed by atoms with Gasteiger partial charge >= 0.3 is 0 Å². The van der Waals surface area contributed by atoms with Crippen molar-refractivity contribution in [2.24, 2.45) is 4.99 Å². The number of nitrogens with one attached hydrogen (secondary N) is 2. The van der Waals surface area contributed by atoms with Crippen LogP contribution in [0.1, 0.15) is 18.4 Å². The summed E-state index contributed by atoms with van der Waals surface area (Å²) >= 11 is 0. The second-order valence-corrected chi connectivity index (χ2v) is 6.50. The van der Waals surface area contributed by atoms with Crippen molar-refractivity contribution in [1.82, 2.24) is 15.5 Å². The number of rotatable bonds is 10. The van der Waals surface area contributed by atoms with Gasteiger partial charge in [-0.25, -0.2) is 4.39 Å². The lowest BCUT2D eigenvalue weighted by Crippen LogP contribution is -2.41. The first-order valence-corrected chi connectivity index (χ1v) is 9.24. The lowest BCUT2D eigenvalue weighted by molar-refractivity contribution is 0.0420. The monoisotopic (exact) mass is 366 g/mol. The molecule has 0 saturated carbocycles. The number of likely N-dealkylation sites (N-methyl/N-ethyl adjacent to an activating group) is 1. The number of aliphatic imine (C=N–C) groups is 1. The molecule has 0 bridgehead atoms. The van der Waals surface area contributed by atoms with Crippen LogP contribution in [0.3, 0.4) is 0 Å². The van der Waals surface area contributed by atoms with Gasteiger partial charge in [0, 0.05) is 46.4 Å². The van der Waals surface area contributed by atoms with E-state index in [0.717, 1.165) is 70.4 Å². The molecule has 1 fully saturated rings. The van der Waals surface area contributed by atoms with Crippen molar-refractivity contribution >= 4 is 5.96 Å². The Bertz CT molecular complexity index is 533. The Morgan fingerprint density at radius 2 is 2.08 bits per heavy atom. The van der Waals surface area contributed by atoms with Gasteiger partial charge in [0.15, 0.2) is 5.96 Å². The average molecular weight is 366 g/mol. The highest BCUT2D eigenvalue weighted by atomic mass is 19.1. The van der Waals surface area contributed by atoms with Crippen LogP contribution in [0, 0.1) is 5.82 Å². The van der Waals surface area contributed by atoms with E-state index < -0.39 is 0 Å². The van der Waals surface area contributed by atoms with Crippen molar-refractivity contribution in [3.63, 3.8) is 0 Å². The van der Waals surface area contributed by atoms with Gasteiger partial charge in [-0.3, -0.25) is 4.99 Å². The van der Waals surface area contributed by atoms with Crippen LogP contribution in [-0.4, -0.2) is 70.5 Å². The van der Waals surface area contributed by atoms with Crippen LogP contribution >= 0.6 is 0 Å². The highest BCUT2D eigenvalue weighted by molar-refractivity contribution is 5.79. The molecule has 6 nitrogen and oxygen atoms in total. The average Bonchev–Trinajstić information content (AvgIpc) is 3.15. The lowest BCUT2D eigenvalue weighted by Gasteiger charge is -2.18. The number of ether oxygens (including phenoxy) is 2. The third-order valence-electron chi connectivity index (χ3n) is 4.23. The minimum atomic E-state index is -0.199. The molecule has 1 saturated heterocycles. The Kier molecular flexibility index (Phi) is 9.38. The zero-order valence-electron chi connectivity index (χ0n) is 15.8. The molecule has 0 aromatic heterocycles. The topological polar surface area (TPSA) is 58.1 Å². The molecule has 7 heteroatoms. The molecule has 1 atom stereocenters. The van der Waals surface area contributed by atoms with E-state index in [2.05, 4.69) is 20.5 Å². The van der Waals surface area contributed by atoms with Crippen LogP contribution in [-0.2, 0) is 16.0 Å². The van der Waals surface area contributed by atoms with Gasteiger partial charge in [-0.2, -0.15) is 0 Å². The molecule has 0 radical (unpaired) electrons. The van der Waals surface area contributed by atoms with Crippen molar-refractivity contribution in [2.45, 2.75) is 25.5 Å². The first-order chi connectivity index (χ1) is 12.7. The number of benzene rings is 1. The third kappa shape index (κ3) is 8.12. The first-order valence-electron chi connectivity index (χ1n) is 9.24. The zero-order valence-corrected chi connectivity index (χ0v) is 15.8. The van der Waals surface area contributed by atoms with E-state index >= 15 is 0 Å². The third-order valence-corrected chi connectivity index (χ3v) is 4.23. The largest absolute Gasteiger partial charge is 0.379 e. The maximum atomic E-state index is 12.9. The van der Waals surface area contributed by atoms with Gasteiger partial charge in [0.2, 0.25) is 0 Å². The number of guanidine groups is 1. The highest BCUT2D eigenvalue weighted by Crippen LogP contribution is 2.08. The molecule has 1 aliphatic rings. The molecule has 0 spiro atoms. The lowest BCUT2D eigenvalue weighted by atomic mass is 10.2. The Hall–Kier alpha value is -1.70. The molecule has 2 rings (SSSR count). The van der Waals surface area contributed by atoms with E-state index in [1.54, 1.807) is 7.05 Å². The summed E-state index contributed by atoms with van der Waals surface area (Å²) in [6, 6.07) is 6.63. The molecule has 1 unspecified atom stereocenters. The summed E-state index contributed by atoms with van der Waals surface area (Å²) in [5.74, 6) is 0.597. The molecule has 1 aliphatic heterocycles. The predicted molar refractivity (Wildman–Crippen MR) is 102 cm³/mol. The summed E-state index contributed by atoms with van der Waals surface area (Å²) in [6.45, 7) is 5.53. The van der Waals surface area contributed by atoms with Gasteiger partial charge in [0.25, 0.3) is 0 Å². The number of hydrogen-bond donors (Lipinski definition) is 2. The van der Waals surface area contributed by atoms with Gasteiger partial charge in [-0.15, -0.1) is 0 Å². The maximum absolute atomic E-state index is 12.9. The number of hydrogen-bond acceptors (Lipinski definition) is 4. The van der Waals surface area contributed by atoms with Crippen molar-refractivity contribution in [3.05, 3.63) is 35.6 Å². The molecule has 2 N–H and O–H groups in total. The fourth-order valence-electron chi connectivity index (χ4n) is 2.74. The minimum absolute atomic E-state index is 0.199. The summed E-state index contributed by atoms with van der Waals surface area (Å²) in [5.41, 5.74) is 1.10. The van der Waals surface area contributed by atoms with Crippen LogP contribution in [0.2, 0.25) is 0 Å². The van der Waals surface area contributed by atoms with Crippen LogP contribution in [0.4, 0.5) is 4.39 Å². The number of nitrogens with zero attached hydrogens (tertiary/aromatic N) is 2. The smallest absolute Gasteiger partial charge is 0.191 e. The van der Waals surface area contributed by atoms with E-state index in [4.69, 9.17) is 9.47 Å². The standard InChI is InChI=1S/C19H31FN4O2/c1-21-19(22-9-3-12-26-18-8-13-25-15-18)23-10-11-24(2)14-16-4-6-17(20)7-5-16/h4-7,18H,3,8-15H2,1-2H3,(H2,21,22,23). The molecule has 1 heterocycles. The summed E-state index contributed by atoms with van der Waals surface area (Å²) in [6.07, 6.45) is 2.20. The SMILES string of the molecule is CN=C(NCCCOC1CCOC1)NCCN(C)Cc1ccc(F)cc1. The van der Waals surface area contributed by atoms with Gasteiger partial charge in [-0.05, 0) is 37.6 Å². The van der Waals surface area contributed by atoms with Gasteiger partial charge in [-0.1, -0.05) is 12.1 Å². The summed E-state index contributed by atoms with van der Waals surface area (Å²) in [5, 5.41) is 6.60. The van der Waals surface area contributed by atoms with Gasteiger partial charge in [0.05, 0.1) is 12.7 Å². The molecule has 146 valence electrons. The fourth-order valence-corrected chi connectivity index (χ4v) is 2.74. The first kappa shape index (κ1) is 20.6. The van der Waals surface area contributed by atoms with Crippen LogP contribution < -0.4 is 10.6 Å². The van der Waals surface area contributed by atoms with Gasteiger partial charge in [0.1, 0.15) is 5.82 Å². The molecular formula is C19H31FN4O2. The summed E-state index contributed by atoms with van der Waals surface area (Å²) in [7, 11) is 3.81.